The monoisotopic (exact) mass is 348 g/mol. The highest BCUT2D eigenvalue weighted by Gasteiger charge is 2.12. The molecule has 0 radical (unpaired) electrons. The maximum Gasteiger partial charge on any atom is 0.232 e. The van der Waals surface area contributed by atoms with Crippen molar-refractivity contribution >= 4 is 31.6 Å². The number of halogens is 1. The number of sulfonamides is 1. The van der Waals surface area contributed by atoms with E-state index in [4.69, 9.17) is 0 Å². The van der Waals surface area contributed by atoms with Crippen molar-refractivity contribution in [1.82, 2.24) is 5.32 Å². The Hall–Kier alpha value is -0.590. The molecule has 0 aliphatic carbocycles. The lowest BCUT2D eigenvalue weighted by atomic mass is 10.2. The summed E-state index contributed by atoms with van der Waals surface area (Å²) in [6, 6.07) is 5.91. The number of hydrogen-bond donors (Lipinski definition) is 2. The minimum Gasteiger partial charge on any atom is -0.314 e. The topological polar surface area (TPSA) is 58.2 Å². The van der Waals surface area contributed by atoms with Gasteiger partial charge in [-0.25, -0.2) is 8.42 Å². The molecular weight excluding hydrogens is 328 g/mol. The molecule has 0 aliphatic heterocycles. The Morgan fingerprint density at radius 3 is 2.58 bits per heavy atom. The normalized spacial score (nSPS) is 11.8. The smallest absolute Gasteiger partial charge is 0.232 e. The summed E-state index contributed by atoms with van der Waals surface area (Å²) < 4.78 is 27.2. The zero-order valence-electron chi connectivity index (χ0n) is 11.5. The zero-order valence-corrected chi connectivity index (χ0v) is 13.9. The Morgan fingerprint density at radius 1 is 1.32 bits per heavy atom. The molecule has 108 valence electrons. The predicted octanol–water partition coefficient (Wildman–Crippen LogP) is 2.89. The molecular formula is C13H21BrN2O2S. The third-order valence-electron chi connectivity index (χ3n) is 2.53. The number of rotatable bonds is 7. The van der Waals surface area contributed by atoms with Crippen LogP contribution in [0.4, 0.5) is 5.69 Å². The Morgan fingerprint density at radius 2 is 2.00 bits per heavy atom. The second-order valence-electron chi connectivity index (χ2n) is 4.87. The van der Waals surface area contributed by atoms with Crippen molar-refractivity contribution < 1.29 is 8.42 Å². The SMILES string of the molecule is Cc1ccc(NS(=O)(=O)CCCNC(C)C)c(Br)c1. The summed E-state index contributed by atoms with van der Waals surface area (Å²) in [5.41, 5.74) is 1.67. The van der Waals surface area contributed by atoms with E-state index in [1.54, 1.807) is 6.07 Å². The lowest BCUT2D eigenvalue weighted by Crippen LogP contribution is -2.26. The van der Waals surface area contributed by atoms with Gasteiger partial charge in [0.25, 0.3) is 0 Å². The molecule has 19 heavy (non-hydrogen) atoms. The van der Waals surface area contributed by atoms with Crippen molar-refractivity contribution in [2.24, 2.45) is 0 Å². The van der Waals surface area contributed by atoms with Crippen LogP contribution >= 0.6 is 15.9 Å². The molecule has 0 saturated heterocycles. The molecule has 0 aromatic heterocycles. The van der Waals surface area contributed by atoms with Crippen LogP contribution in [-0.4, -0.2) is 26.8 Å². The number of hydrogen-bond acceptors (Lipinski definition) is 3. The molecule has 0 aliphatic rings. The average molecular weight is 349 g/mol. The fourth-order valence-corrected chi connectivity index (χ4v) is 3.44. The van der Waals surface area contributed by atoms with Crippen molar-refractivity contribution in [3.8, 4) is 0 Å². The van der Waals surface area contributed by atoms with Crippen LogP contribution in [0, 0.1) is 6.92 Å². The summed E-state index contributed by atoms with van der Waals surface area (Å²) in [6.07, 6.45) is 0.594. The summed E-state index contributed by atoms with van der Waals surface area (Å²) in [5.74, 6) is 0.118. The van der Waals surface area contributed by atoms with Crippen molar-refractivity contribution in [3.05, 3.63) is 28.2 Å². The van der Waals surface area contributed by atoms with E-state index in [1.807, 2.05) is 32.9 Å². The molecule has 4 nitrogen and oxygen atoms in total. The highest BCUT2D eigenvalue weighted by molar-refractivity contribution is 9.10. The third kappa shape index (κ3) is 6.40. The van der Waals surface area contributed by atoms with Crippen LogP contribution in [0.1, 0.15) is 25.8 Å². The Kier molecular flexibility index (Phi) is 6.29. The lowest BCUT2D eigenvalue weighted by Gasteiger charge is -2.11. The number of benzene rings is 1. The largest absolute Gasteiger partial charge is 0.314 e. The molecule has 0 fully saturated rings. The van der Waals surface area contributed by atoms with E-state index in [0.29, 0.717) is 24.7 Å². The Balaban J connectivity index is 2.54. The van der Waals surface area contributed by atoms with Gasteiger partial charge in [-0.15, -0.1) is 0 Å². The van der Waals surface area contributed by atoms with Crippen LogP contribution in [0.5, 0.6) is 0 Å². The molecule has 1 aromatic rings. The molecule has 2 N–H and O–H groups in total. The zero-order chi connectivity index (χ0) is 14.5. The second kappa shape index (κ2) is 7.26. The van der Waals surface area contributed by atoms with E-state index in [1.165, 1.54) is 0 Å². The van der Waals surface area contributed by atoms with Crippen molar-refractivity contribution in [1.29, 1.82) is 0 Å². The fraction of sp³-hybridized carbons (Fsp3) is 0.538. The first-order chi connectivity index (χ1) is 8.80. The molecule has 0 unspecified atom stereocenters. The first-order valence-corrected chi connectivity index (χ1v) is 8.75. The third-order valence-corrected chi connectivity index (χ3v) is 4.55. The lowest BCUT2D eigenvalue weighted by molar-refractivity contribution is 0.571. The number of nitrogens with one attached hydrogen (secondary N) is 2. The van der Waals surface area contributed by atoms with Crippen LogP contribution in [0.25, 0.3) is 0 Å². The van der Waals surface area contributed by atoms with Crippen LogP contribution < -0.4 is 10.0 Å². The summed E-state index contributed by atoms with van der Waals surface area (Å²) in [4.78, 5) is 0. The van der Waals surface area contributed by atoms with Gasteiger partial charge in [0.1, 0.15) is 0 Å². The van der Waals surface area contributed by atoms with Gasteiger partial charge >= 0.3 is 0 Å². The van der Waals surface area contributed by atoms with Gasteiger partial charge in [0.05, 0.1) is 11.4 Å². The second-order valence-corrected chi connectivity index (χ2v) is 7.56. The summed E-state index contributed by atoms with van der Waals surface area (Å²) >= 11 is 3.36. The van der Waals surface area contributed by atoms with E-state index in [9.17, 15) is 8.42 Å². The highest BCUT2D eigenvalue weighted by Crippen LogP contribution is 2.24. The van der Waals surface area contributed by atoms with Gasteiger partial charge in [0, 0.05) is 10.5 Å². The first-order valence-electron chi connectivity index (χ1n) is 6.30. The van der Waals surface area contributed by atoms with E-state index in [-0.39, 0.29) is 5.75 Å². The standard InChI is InChI=1S/C13H21BrN2O2S/c1-10(2)15-7-4-8-19(17,18)16-13-6-5-11(3)9-12(13)14/h5-6,9-10,15-16H,4,7-8H2,1-3H3. The minimum atomic E-state index is -3.29. The molecule has 0 spiro atoms. The van der Waals surface area contributed by atoms with Crippen LogP contribution in [0.15, 0.2) is 22.7 Å². The summed E-state index contributed by atoms with van der Waals surface area (Å²) in [5, 5.41) is 3.20. The maximum absolute atomic E-state index is 11.9. The van der Waals surface area contributed by atoms with Crippen LogP contribution in [0.2, 0.25) is 0 Å². The Bertz CT molecular complexity index is 515. The number of anilines is 1. The Labute approximate surface area is 124 Å². The molecule has 1 rings (SSSR count). The maximum atomic E-state index is 11.9. The van der Waals surface area contributed by atoms with Gasteiger partial charge in [0.15, 0.2) is 0 Å². The van der Waals surface area contributed by atoms with E-state index in [0.717, 1.165) is 10.0 Å². The van der Waals surface area contributed by atoms with E-state index < -0.39 is 10.0 Å². The fourth-order valence-electron chi connectivity index (χ4n) is 1.57. The van der Waals surface area contributed by atoms with Gasteiger partial charge in [-0.05, 0) is 53.5 Å². The molecule has 1 aromatic carbocycles. The van der Waals surface area contributed by atoms with Crippen molar-refractivity contribution in [2.75, 3.05) is 17.0 Å². The first kappa shape index (κ1) is 16.5. The quantitative estimate of drug-likeness (QED) is 0.745. The van der Waals surface area contributed by atoms with Crippen LogP contribution in [-0.2, 0) is 10.0 Å². The van der Waals surface area contributed by atoms with Gasteiger partial charge in [-0.2, -0.15) is 0 Å². The molecule has 0 amide bonds. The molecule has 0 bridgehead atoms. The summed E-state index contributed by atoms with van der Waals surface area (Å²) in [7, 11) is -3.29. The average Bonchev–Trinajstić information content (AvgIpc) is 2.28. The van der Waals surface area contributed by atoms with Crippen LogP contribution in [0.3, 0.4) is 0 Å². The molecule has 0 heterocycles. The highest BCUT2D eigenvalue weighted by atomic mass is 79.9. The van der Waals surface area contributed by atoms with Gasteiger partial charge < -0.3 is 5.32 Å². The predicted molar refractivity (Wildman–Crippen MR) is 84.0 cm³/mol. The van der Waals surface area contributed by atoms with Gasteiger partial charge in [0.2, 0.25) is 10.0 Å². The van der Waals surface area contributed by atoms with E-state index in [2.05, 4.69) is 26.0 Å². The van der Waals surface area contributed by atoms with E-state index >= 15 is 0 Å². The minimum absolute atomic E-state index is 0.118. The molecule has 0 atom stereocenters. The van der Waals surface area contributed by atoms with Crippen molar-refractivity contribution in [2.45, 2.75) is 33.2 Å². The molecule has 0 saturated carbocycles. The van der Waals surface area contributed by atoms with Crippen molar-refractivity contribution in [3.63, 3.8) is 0 Å². The summed E-state index contributed by atoms with van der Waals surface area (Å²) in [6.45, 7) is 6.74. The van der Waals surface area contributed by atoms with Gasteiger partial charge in [-0.1, -0.05) is 19.9 Å². The molecule has 6 heteroatoms. The van der Waals surface area contributed by atoms with Gasteiger partial charge in [-0.3, -0.25) is 4.72 Å². The number of aryl methyl sites for hydroxylation is 1.